The van der Waals surface area contributed by atoms with Crippen LogP contribution in [0.4, 0.5) is 0 Å². The quantitative estimate of drug-likeness (QED) is 0.0883. The van der Waals surface area contributed by atoms with Gasteiger partial charge in [0, 0.05) is 19.5 Å². The van der Waals surface area contributed by atoms with Crippen LogP contribution in [0.3, 0.4) is 0 Å². The van der Waals surface area contributed by atoms with Crippen LogP contribution in [0.5, 0.6) is 0 Å². The standard InChI is InChI=1S/C27H57N3/c1-3-5-7-9-11-13-15-17-19-21-24-29-26-23-27(28)30-25-22-20-18-16-14-12-10-8-6-4-2/h29H,3-26H2,1-2H3,(H2,28,30). The summed E-state index contributed by atoms with van der Waals surface area (Å²) in [6.07, 6.45) is 28.6. The maximum absolute atomic E-state index is 6.04. The highest BCUT2D eigenvalue weighted by atomic mass is 14.9. The number of nitrogens with zero attached hydrogens (tertiary/aromatic N) is 1. The number of aliphatic imine (C=N–C) groups is 1. The second kappa shape index (κ2) is 26.5. The molecular weight excluding hydrogens is 366 g/mol. The summed E-state index contributed by atoms with van der Waals surface area (Å²) >= 11 is 0. The minimum Gasteiger partial charge on any atom is -0.387 e. The van der Waals surface area contributed by atoms with Gasteiger partial charge in [0.15, 0.2) is 0 Å². The molecule has 0 aromatic rings. The fourth-order valence-electron chi connectivity index (χ4n) is 3.98. The van der Waals surface area contributed by atoms with E-state index in [2.05, 4.69) is 24.2 Å². The van der Waals surface area contributed by atoms with Crippen LogP contribution in [0.25, 0.3) is 0 Å². The average Bonchev–Trinajstić information content (AvgIpc) is 2.75. The van der Waals surface area contributed by atoms with Crippen LogP contribution < -0.4 is 11.1 Å². The van der Waals surface area contributed by atoms with E-state index in [9.17, 15) is 0 Å². The summed E-state index contributed by atoms with van der Waals surface area (Å²) in [5, 5.41) is 3.52. The number of amidine groups is 1. The number of nitrogens with one attached hydrogen (secondary N) is 1. The van der Waals surface area contributed by atoms with Crippen molar-refractivity contribution in [2.75, 3.05) is 19.6 Å². The van der Waals surface area contributed by atoms with Gasteiger partial charge in [0.05, 0.1) is 5.84 Å². The van der Waals surface area contributed by atoms with Crippen molar-refractivity contribution >= 4 is 5.84 Å². The highest BCUT2D eigenvalue weighted by Crippen LogP contribution is 2.11. The molecule has 30 heavy (non-hydrogen) atoms. The highest BCUT2D eigenvalue weighted by Gasteiger charge is 1.96. The normalized spacial score (nSPS) is 12.0. The Balaban J connectivity index is 3.22. The average molecular weight is 424 g/mol. The van der Waals surface area contributed by atoms with Gasteiger partial charge in [-0.15, -0.1) is 0 Å². The molecule has 0 saturated heterocycles. The Hall–Kier alpha value is -0.570. The van der Waals surface area contributed by atoms with Gasteiger partial charge >= 0.3 is 0 Å². The zero-order valence-corrected chi connectivity index (χ0v) is 21.0. The molecule has 0 aromatic carbocycles. The Morgan fingerprint density at radius 2 is 0.933 bits per heavy atom. The van der Waals surface area contributed by atoms with Crippen molar-refractivity contribution in [3.63, 3.8) is 0 Å². The van der Waals surface area contributed by atoms with E-state index in [4.69, 9.17) is 5.73 Å². The third-order valence-corrected chi connectivity index (χ3v) is 6.09. The molecule has 0 heterocycles. The number of nitrogens with two attached hydrogens (primary N) is 1. The lowest BCUT2D eigenvalue weighted by atomic mass is 10.1. The van der Waals surface area contributed by atoms with Crippen molar-refractivity contribution in [3.8, 4) is 0 Å². The van der Waals surface area contributed by atoms with E-state index in [0.717, 1.165) is 31.9 Å². The Morgan fingerprint density at radius 3 is 1.40 bits per heavy atom. The summed E-state index contributed by atoms with van der Waals surface area (Å²) in [5.41, 5.74) is 6.04. The van der Waals surface area contributed by atoms with Crippen molar-refractivity contribution in [3.05, 3.63) is 0 Å². The zero-order valence-electron chi connectivity index (χ0n) is 21.0. The molecule has 0 amide bonds. The Kier molecular flexibility index (Phi) is 26.0. The molecule has 3 heteroatoms. The van der Waals surface area contributed by atoms with Gasteiger partial charge in [-0.25, -0.2) is 0 Å². The van der Waals surface area contributed by atoms with Crippen LogP contribution in [0, 0.1) is 0 Å². The van der Waals surface area contributed by atoms with Crippen LogP contribution in [-0.4, -0.2) is 25.5 Å². The van der Waals surface area contributed by atoms with Crippen molar-refractivity contribution < 1.29 is 0 Å². The molecule has 0 bridgehead atoms. The fraction of sp³-hybridized carbons (Fsp3) is 0.963. The van der Waals surface area contributed by atoms with E-state index in [-0.39, 0.29) is 0 Å². The van der Waals surface area contributed by atoms with Gasteiger partial charge in [0.2, 0.25) is 0 Å². The van der Waals surface area contributed by atoms with Crippen LogP contribution in [0.1, 0.15) is 149 Å². The maximum atomic E-state index is 6.04. The Labute approximate surface area is 190 Å². The van der Waals surface area contributed by atoms with E-state index in [0.29, 0.717) is 0 Å². The second-order valence-corrected chi connectivity index (χ2v) is 9.24. The largest absolute Gasteiger partial charge is 0.387 e. The lowest BCUT2D eigenvalue weighted by Crippen LogP contribution is -2.23. The SMILES string of the molecule is CCCCCCCCCCCCN=C(N)CCNCCCCCCCCCCCC. The first-order valence-electron chi connectivity index (χ1n) is 13.8. The van der Waals surface area contributed by atoms with Crippen LogP contribution in [0.2, 0.25) is 0 Å². The lowest BCUT2D eigenvalue weighted by molar-refractivity contribution is 0.545. The zero-order chi connectivity index (χ0) is 22.0. The first-order valence-corrected chi connectivity index (χ1v) is 13.8. The van der Waals surface area contributed by atoms with E-state index in [1.807, 2.05) is 0 Å². The molecule has 0 aliphatic carbocycles. The molecule has 0 aliphatic heterocycles. The molecule has 0 aromatic heterocycles. The van der Waals surface area contributed by atoms with Crippen LogP contribution >= 0.6 is 0 Å². The fourth-order valence-corrected chi connectivity index (χ4v) is 3.98. The highest BCUT2D eigenvalue weighted by molar-refractivity contribution is 5.80. The van der Waals surface area contributed by atoms with Gasteiger partial charge in [0.1, 0.15) is 0 Å². The van der Waals surface area contributed by atoms with Gasteiger partial charge < -0.3 is 11.1 Å². The van der Waals surface area contributed by atoms with Crippen molar-refractivity contribution in [1.82, 2.24) is 5.32 Å². The summed E-state index contributed by atoms with van der Waals surface area (Å²) in [7, 11) is 0. The predicted octanol–water partition coefficient (Wildman–Crippen LogP) is 8.17. The molecule has 0 unspecified atom stereocenters. The molecule has 3 N–H and O–H groups in total. The molecule has 0 aliphatic rings. The van der Waals surface area contributed by atoms with Crippen molar-refractivity contribution in [2.24, 2.45) is 10.7 Å². The minimum absolute atomic E-state index is 0.835. The summed E-state index contributed by atoms with van der Waals surface area (Å²) < 4.78 is 0. The Bertz CT molecular complexity index is 341. The van der Waals surface area contributed by atoms with Gasteiger partial charge in [-0.3, -0.25) is 4.99 Å². The van der Waals surface area contributed by atoms with Crippen LogP contribution in [0.15, 0.2) is 4.99 Å². The van der Waals surface area contributed by atoms with E-state index >= 15 is 0 Å². The van der Waals surface area contributed by atoms with Gasteiger partial charge in [-0.1, -0.05) is 129 Å². The second-order valence-electron chi connectivity index (χ2n) is 9.24. The molecular formula is C27H57N3. The maximum Gasteiger partial charge on any atom is 0.0949 e. The summed E-state index contributed by atoms with van der Waals surface area (Å²) in [6.45, 7) is 7.59. The number of hydrogen-bond acceptors (Lipinski definition) is 2. The molecule has 180 valence electrons. The first-order chi connectivity index (χ1) is 14.8. The molecule has 0 atom stereocenters. The summed E-state index contributed by atoms with van der Waals surface area (Å²) in [4.78, 5) is 4.54. The number of rotatable bonds is 25. The lowest BCUT2D eigenvalue weighted by Gasteiger charge is -2.05. The van der Waals surface area contributed by atoms with E-state index in [1.165, 1.54) is 128 Å². The number of unbranched alkanes of at least 4 members (excludes halogenated alkanes) is 18. The van der Waals surface area contributed by atoms with E-state index < -0.39 is 0 Å². The molecule has 3 nitrogen and oxygen atoms in total. The summed E-state index contributed by atoms with van der Waals surface area (Å²) in [5.74, 6) is 0.835. The van der Waals surface area contributed by atoms with E-state index in [1.54, 1.807) is 0 Å². The smallest absolute Gasteiger partial charge is 0.0949 e. The Morgan fingerprint density at radius 1 is 0.533 bits per heavy atom. The third-order valence-electron chi connectivity index (χ3n) is 6.09. The minimum atomic E-state index is 0.835. The first kappa shape index (κ1) is 29.4. The molecule has 0 fully saturated rings. The van der Waals surface area contributed by atoms with Gasteiger partial charge in [-0.2, -0.15) is 0 Å². The molecule has 0 saturated carbocycles. The monoisotopic (exact) mass is 423 g/mol. The van der Waals surface area contributed by atoms with Gasteiger partial charge in [-0.05, 0) is 19.4 Å². The van der Waals surface area contributed by atoms with Crippen molar-refractivity contribution in [2.45, 2.75) is 149 Å². The molecule has 0 rings (SSSR count). The van der Waals surface area contributed by atoms with Crippen LogP contribution in [-0.2, 0) is 0 Å². The van der Waals surface area contributed by atoms with Gasteiger partial charge in [0.25, 0.3) is 0 Å². The predicted molar refractivity (Wildman–Crippen MR) is 138 cm³/mol. The summed E-state index contributed by atoms with van der Waals surface area (Å²) in [6, 6.07) is 0. The molecule has 0 spiro atoms. The molecule has 0 radical (unpaired) electrons. The topological polar surface area (TPSA) is 50.4 Å². The number of hydrogen-bond donors (Lipinski definition) is 2. The third kappa shape index (κ3) is 25.5. The van der Waals surface area contributed by atoms with Crippen molar-refractivity contribution in [1.29, 1.82) is 0 Å².